The third-order valence-electron chi connectivity index (χ3n) is 4.12. The second kappa shape index (κ2) is 8.99. The number of rotatable bonds is 5. The van der Waals surface area contributed by atoms with Crippen molar-refractivity contribution in [3.8, 4) is 0 Å². The number of carbonyl (C=O) groups is 1. The normalized spacial score (nSPS) is 12.2. The van der Waals surface area contributed by atoms with E-state index in [1.807, 2.05) is 39.0 Å². The summed E-state index contributed by atoms with van der Waals surface area (Å²) in [5.41, 5.74) is 7.28. The Morgan fingerprint density at radius 2 is 1.81 bits per heavy atom. The first-order valence-electron chi connectivity index (χ1n) is 8.26. The summed E-state index contributed by atoms with van der Waals surface area (Å²) < 4.78 is 27.4. The number of carbonyl (C=O) groups excluding carboxylic acids is 1. The first-order valence-corrected chi connectivity index (χ1v) is 8.26. The van der Waals surface area contributed by atoms with Crippen molar-refractivity contribution >= 4 is 24.0 Å². The van der Waals surface area contributed by atoms with Gasteiger partial charge in [0.15, 0.2) is 0 Å². The summed E-state index contributed by atoms with van der Waals surface area (Å²) >= 11 is 0. The fraction of sp³-hybridized carbons (Fsp3) is 0.350. The first kappa shape index (κ1) is 21.9. The summed E-state index contributed by atoms with van der Waals surface area (Å²) in [6.07, 6.45) is 0.741. The van der Waals surface area contributed by atoms with E-state index in [4.69, 9.17) is 5.73 Å². The Labute approximate surface area is 159 Å². The van der Waals surface area contributed by atoms with E-state index >= 15 is 0 Å². The molecule has 0 saturated heterocycles. The number of para-hydroxylation sites is 1. The van der Waals surface area contributed by atoms with E-state index in [9.17, 15) is 13.6 Å². The maximum Gasteiger partial charge on any atom is 0.220 e. The lowest BCUT2D eigenvalue weighted by molar-refractivity contribution is -0.122. The van der Waals surface area contributed by atoms with Gasteiger partial charge in [-0.05, 0) is 29.5 Å². The molecule has 3 N–H and O–H groups in total. The molecule has 0 heterocycles. The van der Waals surface area contributed by atoms with Gasteiger partial charge < -0.3 is 11.1 Å². The van der Waals surface area contributed by atoms with Crippen LogP contribution >= 0.6 is 12.4 Å². The Balaban J connectivity index is 0.00000338. The van der Waals surface area contributed by atoms with Gasteiger partial charge in [-0.15, -0.1) is 12.4 Å². The van der Waals surface area contributed by atoms with E-state index in [-0.39, 0.29) is 30.3 Å². The van der Waals surface area contributed by atoms with Crippen molar-refractivity contribution in [3.05, 3.63) is 65.2 Å². The topological polar surface area (TPSA) is 55.1 Å². The standard InChI is InChI=1S/C20H24F2N2O.ClH/c1-20(2,3)19(15-10-9-14(21)12-16(15)22)24-18(25)11-8-13-6-4-5-7-17(13)23;/h4-7,9-10,12,19H,8,11,23H2,1-3H3,(H,24,25);1H. The summed E-state index contributed by atoms with van der Waals surface area (Å²) in [5, 5.41) is 2.88. The van der Waals surface area contributed by atoms with Gasteiger partial charge in [-0.3, -0.25) is 4.79 Å². The highest BCUT2D eigenvalue weighted by atomic mass is 35.5. The van der Waals surface area contributed by atoms with Gasteiger partial charge >= 0.3 is 0 Å². The molecule has 0 radical (unpaired) electrons. The number of aryl methyl sites for hydroxylation is 1. The molecule has 142 valence electrons. The maximum absolute atomic E-state index is 14.2. The molecule has 0 bridgehead atoms. The molecule has 0 aromatic heterocycles. The minimum atomic E-state index is -0.660. The third-order valence-corrected chi connectivity index (χ3v) is 4.12. The zero-order valence-electron chi connectivity index (χ0n) is 15.2. The number of hydrogen-bond donors (Lipinski definition) is 2. The number of nitrogen functional groups attached to an aromatic ring is 1. The van der Waals surface area contributed by atoms with Crippen molar-refractivity contribution < 1.29 is 13.6 Å². The molecule has 1 amide bonds. The van der Waals surface area contributed by atoms with Crippen LogP contribution in [0.4, 0.5) is 14.5 Å². The molecule has 6 heteroatoms. The summed E-state index contributed by atoms with van der Waals surface area (Å²) in [5.74, 6) is -1.50. The van der Waals surface area contributed by atoms with Crippen LogP contribution in [0.2, 0.25) is 0 Å². The first-order chi connectivity index (χ1) is 11.7. The number of benzene rings is 2. The predicted molar refractivity (Wildman–Crippen MR) is 103 cm³/mol. The average molecular weight is 383 g/mol. The molecule has 0 spiro atoms. The Morgan fingerprint density at radius 3 is 2.38 bits per heavy atom. The Morgan fingerprint density at radius 1 is 1.15 bits per heavy atom. The molecule has 0 fully saturated rings. The molecule has 2 rings (SSSR count). The van der Waals surface area contributed by atoms with Crippen molar-refractivity contribution in [2.75, 3.05) is 5.73 Å². The number of nitrogens with two attached hydrogens (primary N) is 1. The minimum Gasteiger partial charge on any atom is -0.399 e. The molecule has 0 saturated carbocycles. The van der Waals surface area contributed by atoms with Crippen molar-refractivity contribution in [1.82, 2.24) is 5.32 Å². The van der Waals surface area contributed by atoms with Gasteiger partial charge in [0.25, 0.3) is 0 Å². The molecule has 26 heavy (non-hydrogen) atoms. The number of nitrogens with one attached hydrogen (secondary N) is 1. The average Bonchev–Trinajstić information content (AvgIpc) is 2.51. The Kier molecular flexibility index (Phi) is 7.57. The van der Waals surface area contributed by atoms with Gasteiger partial charge in [-0.2, -0.15) is 0 Å². The largest absolute Gasteiger partial charge is 0.399 e. The summed E-state index contributed by atoms with van der Waals surface area (Å²) in [7, 11) is 0. The molecule has 3 nitrogen and oxygen atoms in total. The van der Waals surface area contributed by atoms with Crippen LogP contribution in [0, 0.1) is 17.0 Å². The van der Waals surface area contributed by atoms with E-state index in [1.165, 1.54) is 12.1 Å². The fourth-order valence-corrected chi connectivity index (χ4v) is 2.74. The molecular formula is C20H25ClF2N2O. The smallest absolute Gasteiger partial charge is 0.220 e. The molecular weight excluding hydrogens is 358 g/mol. The highest BCUT2D eigenvalue weighted by molar-refractivity contribution is 5.85. The van der Waals surface area contributed by atoms with Crippen molar-refractivity contribution in [2.24, 2.45) is 5.41 Å². The van der Waals surface area contributed by atoms with Crippen LogP contribution in [-0.4, -0.2) is 5.91 Å². The lowest BCUT2D eigenvalue weighted by atomic mass is 9.82. The van der Waals surface area contributed by atoms with Crippen LogP contribution in [0.15, 0.2) is 42.5 Å². The molecule has 0 aliphatic carbocycles. The van der Waals surface area contributed by atoms with Gasteiger partial charge in [0.1, 0.15) is 11.6 Å². The van der Waals surface area contributed by atoms with E-state index < -0.39 is 23.1 Å². The molecule has 0 aliphatic heterocycles. The summed E-state index contributed by atoms with van der Waals surface area (Å²) in [4.78, 5) is 12.4. The Bertz CT molecular complexity index is 760. The van der Waals surface area contributed by atoms with Crippen molar-refractivity contribution in [2.45, 2.75) is 39.7 Å². The zero-order valence-corrected chi connectivity index (χ0v) is 16.0. The van der Waals surface area contributed by atoms with Crippen LogP contribution < -0.4 is 11.1 Å². The molecule has 1 unspecified atom stereocenters. The monoisotopic (exact) mass is 382 g/mol. The van der Waals surface area contributed by atoms with Crippen molar-refractivity contribution in [1.29, 1.82) is 0 Å². The second-order valence-corrected chi connectivity index (χ2v) is 7.23. The van der Waals surface area contributed by atoms with Crippen LogP contribution in [0.25, 0.3) is 0 Å². The second-order valence-electron chi connectivity index (χ2n) is 7.23. The van der Waals surface area contributed by atoms with E-state index in [1.54, 1.807) is 6.07 Å². The quantitative estimate of drug-likeness (QED) is 0.729. The third kappa shape index (κ3) is 5.70. The molecule has 1 atom stereocenters. The fourth-order valence-electron chi connectivity index (χ4n) is 2.74. The number of halogens is 3. The summed E-state index contributed by atoms with van der Waals surface area (Å²) in [6.45, 7) is 5.70. The lowest BCUT2D eigenvalue weighted by Crippen LogP contribution is -2.37. The van der Waals surface area contributed by atoms with Gasteiger partial charge in [0.05, 0.1) is 6.04 Å². The number of hydrogen-bond acceptors (Lipinski definition) is 2. The maximum atomic E-state index is 14.2. The lowest BCUT2D eigenvalue weighted by Gasteiger charge is -2.32. The highest BCUT2D eigenvalue weighted by Crippen LogP contribution is 2.34. The molecule has 0 aliphatic rings. The van der Waals surface area contributed by atoms with E-state index in [2.05, 4.69) is 5.32 Å². The number of amides is 1. The van der Waals surface area contributed by atoms with Gasteiger partial charge in [-0.1, -0.05) is 45.0 Å². The van der Waals surface area contributed by atoms with Crippen LogP contribution in [0.5, 0.6) is 0 Å². The van der Waals surface area contributed by atoms with Gasteiger partial charge in [-0.25, -0.2) is 8.78 Å². The van der Waals surface area contributed by atoms with Crippen LogP contribution in [0.3, 0.4) is 0 Å². The van der Waals surface area contributed by atoms with E-state index in [0.29, 0.717) is 12.1 Å². The number of anilines is 1. The molecule has 2 aromatic rings. The van der Waals surface area contributed by atoms with Crippen molar-refractivity contribution in [3.63, 3.8) is 0 Å². The minimum absolute atomic E-state index is 0. The van der Waals surface area contributed by atoms with E-state index in [0.717, 1.165) is 11.6 Å². The zero-order chi connectivity index (χ0) is 18.6. The Hall–Kier alpha value is -2.14. The van der Waals surface area contributed by atoms with Crippen LogP contribution in [0.1, 0.15) is 44.4 Å². The highest BCUT2D eigenvalue weighted by Gasteiger charge is 2.30. The van der Waals surface area contributed by atoms with Gasteiger partial charge in [0, 0.05) is 23.7 Å². The van der Waals surface area contributed by atoms with Crippen LogP contribution in [-0.2, 0) is 11.2 Å². The predicted octanol–water partition coefficient (Wildman–Crippen LogP) is 4.81. The molecule has 2 aromatic carbocycles. The summed E-state index contributed by atoms with van der Waals surface area (Å²) in [6, 6.07) is 10.2. The van der Waals surface area contributed by atoms with Gasteiger partial charge in [0.2, 0.25) is 5.91 Å². The SMILES string of the molecule is CC(C)(C)C(NC(=O)CCc1ccccc1N)c1ccc(F)cc1F.Cl.